The fourth-order valence-electron chi connectivity index (χ4n) is 4.46. The molecule has 4 aromatic rings. The zero-order valence-electron chi connectivity index (χ0n) is 21.1. The number of halogens is 4. The highest BCUT2D eigenvalue weighted by molar-refractivity contribution is 6.31. The third-order valence-corrected chi connectivity index (χ3v) is 6.77. The number of alkyl halides is 3. The third-order valence-electron chi connectivity index (χ3n) is 6.44. The monoisotopic (exact) mass is 567 g/mol. The van der Waals surface area contributed by atoms with Gasteiger partial charge in [0.25, 0.3) is 0 Å². The molecule has 2 heterocycles. The van der Waals surface area contributed by atoms with E-state index >= 15 is 0 Å². The second kappa shape index (κ2) is 10.9. The molecule has 204 valence electrons. The second-order valence-electron chi connectivity index (χ2n) is 8.94. The smallest absolute Gasteiger partial charge is 0.417 e. The molecule has 7 nitrogen and oxygen atoms in total. The van der Waals surface area contributed by atoms with E-state index < -0.39 is 22.5 Å². The van der Waals surface area contributed by atoms with Crippen LogP contribution in [0.4, 0.5) is 18.9 Å². The Morgan fingerprint density at radius 1 is 1.07 bits per heavy atom. The van der Waals surface area contributed by atoms with Crippen molar-refractivity contribution in [2.75, 3.05) is 13.7 Å². The summed E-state index contributed by atoms with van der Waals surface area (Å²) in [7, 11) is 1.60. The van der Waals surface area contributed by atoms with Gasteiger partial charge in [-0.05, 0) is 60.5 Å². The molecular formula is C29H21ClF3N3O4. The quantitative estimate of drug-likeness (QED) is 0.223. The van der Waals surface area contributed by atoms with Crippen molar-refractivity contribution in [3.63, 3.8) is 0 Å². The van der Waals surface area contributed by atoms with E-state index in [1.807, 2.05) is 18.2 Å². The van der Waals surface area contributed by atoms with Gasteiger partial charge in [0.15, 0.2) is 0 Å². The molecule has 5 rings (SSSR count). The third kappa shape index (κ3) is 5.60. The first-order valence-corrected chi connectivity index (χ1v) is 12.5. The van der Waals surface area contributed by atoms with Gasteiger partial charge in [0.2, 0.25) is 11.6 Å². The number of nitrogens with zero attached hydrogens (tertiary/aromatic N) is 3. The largest absolute Gasteiger partial charge is 0.497 e. The van der Waals surface area contributed by atoms with Crippen LogP contribution in [0.15, 0.2) is 65.5 Å². The topological polar surface area (TPSA) is 66.9 Å². The lowest BCUT2D eigenvalue weighted by atomic mass is 9.97. The standard InChI is InChI=1S/C29H21ClF3N3O4/c1-34-24-13-17(3-8-26(24)40-20-5-7-23(30)22(15-20)29(31,32)33)10-12-39-27-16-25-21-6-4-19(38-2)14-18(21)9-11-36(25)28(37)35-27/h3-8,13-16H,9-12H2,2H3. The van der Waals surface area contributed by atoms with Crippen LogP contribution < -0.4 is 19.9 Å². The predicted octanol–water partition coefficient (Wildman–Crippen LogP) is 7.11. The number of rotatable bonds is 7. The molecule has 0 spiro atoms. The van der Waals surface area contributed by atoms with Gasteiger partial charge < -0.3 is 14.2 Å². The number of benzene rings is 3. The second-order valence-corrected chi connectivity index (χ2v) is 9.35. The molecule has 0 saturated heterocycles. The van der Waals surface area contributed by atoms with Gasteiger partial charge in [0.1, 0.15) is 17.2 Å². The predicted molar refractivity (Wildman–Crippen MR) is 143 cm³/mol. The summed E-state index contributed by atoms with van der Waals surface area (Å²) < 4.78 is 57.8. The molecule has 0 amide bonds. The van der Waals surface area contributed by atoms with Gasteiger partial charge in [-0.1, -0.05) is 23.2 Å². The highest BCUT2D eigenvalue weighted by atomic mass is 35.5. The van der Waals surface area contributed by atoms with Crippen molar-refractivity contribution in [2.45, 2.75) is 25.6 Å². The lowest BCUT2D eigenvalue weighted by Crippen LogP contribution is -2.28. The Labute approximate surface area is 232 Å². The van der Waals surface area contributed by atoms with E-state index in [4.69, 9.17) is 32.4 Å². The van der Waals surface area contributed by atoms with Gasteiger partial charge in [0.05, 0.1) is 36.6 Å². The number of fused-ring (bicyclic) bond motifs is 3. The Hall–Kier alpha value is -4.49. The van der Waals surface area contributed by atoms with Crippen molar-refractivity contribution in [3.8, 4) is 34.4 Å². The first kappa shape index (κ1) is 27.1. The van der Waals surface area contributed by atoms with Crippen LogP contribution in [0.25, 0.3) is 16.1 Å². The Morgan fingerprint density at radius 2 is 1.88 bits per heavy atom. The summed E-state index contributed by atoms with van der Waals surface area (Å²) in [5, 5.41) is -0.443. The lowest BCUT2D eigenvalue weighted by Gasteiger charge is -2.22. The zero-order valence-corrected chi connectivity index (χ0v) is 21.8. The van der Waals surface area contributed by atoms with Crippen LogP contribution in [0.3, 0.4) is 0 Å². The van der Waals surface area contributed by atoms with Gasteiger partial charge in [-0.25, -0.2) is 9.64 Å². The summed E-state index contributed by atoms with van der Waals surface area (Å²) in [6.07, 6.45) is -3.57. The van der Waals surface area contributed by atoms with E-state index in [0.717, 1.165) is 34.6 Å². The molecule has 1 aliphatic heterocycles. The van der Waals surface area contributed by atoms with Crippen molar-refractivity contribution in [3.05, 3.63) is 104 Å². The number of hydrogen-bond acceptors (Lipinski definition) is 5. The van der Waals surface area contributed by atoms with Crippen molar-refractivity contribution in [1.29, 1.82) is 0 Å². The Balaban J connectivity index is 1.29. The number of aromatic nitrogens is 2. The molecule has 0 atom stereocenters. The minimum atomic E-state index is -4.64. The summed E-state index contributed by atoms with van der Waals surface area (Å²) in [4.78, 5) is 20.1. The number of methoxy groups -OCH3 is 1. The molecule has 0 fully saturated rings. The van der Waals surface area contributed by atoms with Crippen molar-refractivity contribution in [1.82, 2.24) is 9.55 Å². The fraction of sp³-hybridized carbons (Fsp3) is 0.207. The van der Waals surface area contributed by atoms with E-state index in [9.17, 15) is 18.0 Å². The van der Waals surface area contributed by atoms with Crippen molar-refractivity contribution in [2.24, 2.45) is 0 Å². The summed E-state index contributed by atoms with van der Waals surface area (Å²) in [6, 6.07) is 15.4. The van der Waals surface area contributed by atoms with Gasteiger partial charge in [-0.15, -0.1) is 0 Å². The first-order valence-electron chi connectivity index (χ1n) is 12.1. The normalized spacial score (nSPS) is 12.2. The molecule has 0 aliphatic carbocycles. The number of ether oxygens (including phenoxy) is 3. The maximum atomic E-state index is 13.2. The zero-order chi connectivity index (χ0) is 28.4. The van der Waals surface area contributed by atoms with Crippen molar-refractivity contribution < 1.29 is 27.4 Å². The van der Waals surface area contributed by atoms with Crippen LogP contribution >= 0.6 is 11.6 Å². The highest BCUT2D eigenvalue weighted by Crippen LogP contribution is 2.39. The Kier molecular flexibility index (Phi) is 7.41. The van der Waals surface area contributed by atoms with Crippen LogP contribution in [-0.4, -0.2) is 23.3 Å². The average molecular weight is 568 g/mol. The van der Waals surface area contributed by atoms with E-state index in [2.05, 4.69) is 9.83 Å². The highest BCUT2D eigenvalue weighted by Gasteiger charge is 2.33. The lowest BCUT2D eigenvalue weighted by molar-refractivity contribution is -0.137. The summed E-state index contributed by atoms with van der Waals surface area (Å²) >= 11 is 5.67. The maximum Gasteiger partial charge on any atom is 0.417 e. The van der Waals surface area contributed by atoms with E-state index in [0.29, 0.717) is 25.1 Å². The van der Waals surface area contributed by atoms with Gasteiger partial charge in [-0.2, -0.15) is 18.2 Å². The molecule has 0 unspecified atom stereocenters. The van der Waals surface area contributed by atoms with Crippen LogP contribution in [-0.2, 0) is 25.6 Å². The average Bonchev–Trinajstić information content (AvgIpc) is 2.93. The van der Waals surface area contributed by atoms with Crippen LogP contribution in [0.2, 0.25) is 5.02 Å². The summed E-state index contributed by atoms with van der Waals surface area (Å²) in [5.74, 6) is 0.945. The molecule has 40 heavy (non-hydrogen) atoms. The van der Waals surface area contributed by atoms with Crippen molar-refractivity contribution >= 4 is 17.3 Å². The molecule has 0 saturated carbocycles. The molecule has 1 aromatic heterocycles. The van der Waals surface area contributed by atoms with E-state index in [1.54, 1.807) is 29.9 Å². The SMILES string of the molecule is [C-]#[N+]c1cc(CCOc2cc3n(c(=O)n2)CCc2cc(OC)ccc2-3)ccc1Oc1ccc(Cl)c(C(F)(F)F)c1. The molecule has 3 aromatic carbocycles. The van der Waals surface area contributed by atoms with Crippen LogP contribution in [0.1, 0.15) is 16.7 Å². The molecule has 0 N–H and O–H groups in total. The molecule has 11 heteroatoms. The fourth-order valence-corrected chi connectivity index (χ4v) is 4.69. The first-order chi connectivity index (χ1) is 19.2. The Morgan fingerprint density at radius 3 is 2.62 bits per heavy atom. The van der Waals surface area contributed by atoms with Crippen LogP contribution in [0.5, 0.6) is 23.1 Å². The van der Waals surface area contributed by atoms with E-state index in [1.165, 1.54) is 12.1 Å². The molecule has 0 radical (unpaired) electrons. The Bertz CT molecular complexity index is 1700. The number of hydrogen-bond donors (Lipinski definition) is 0. The molecular weight excluding hydrogens is 547 g/mol. The van der Waals surface area contributed by atoms with Crippen LogP contribution in [0, 0.1) is 6.57 Å². The van der Waals surface area contributed by atoms with Gasteiger partial charge in [0, 0.05) is 24.6 Å². The minimum absolute atomic E-state index is 0.0949. The number of aryl methyl sites for hydroxylation is 1. The van der Waals surface area contributed by atoms with Gasteiger partial charge in [-0.3, -0.25) is 4.57 Å². The summed E-state index contributed by atoms with van der Waals surface area (Å²) in [5.41, 5.74) is 2.13. The summed E-state index contributed by atoms with van der Waals surface area (Å²) in [6.45, 7) is 8.17. The maximum absolute atomic E-state index is 13.2. The van der Waals surface area contributed by atoms with Gasteiger partial charge >= 0.3 is 11.9 Å². The van der Waals surface area contributed by atoms with E-state index in [-0.39, 0.29) is 29.7 Å². The molecule has 0 bridgehead atoms. The molecule has 1 aliphatic rings. The minimum Gasteiger partial charge on any atom is -0.497 e.